The Labute approximate surface area is 149 Å². The Hall–Kier alpha value is -1.46. The van der Waals surface area contributed by atoms with Crippen molar-refractivity contribution in [2.45, 2.75) is 6.42 Å². The molecule has 0 fully saturated rings. The zero-order valence-corrected chi connectivity index (χ0v) is 15.8. The van der Waals surface area contributed by atoms with E-state index < -0.39 is 0 Å². The van der Waals surface area contributed by atoms with Crippen LogP contribution in [0.1, 0.15) is 6.42 Å². The molecule has 0 spiro atoms. The molecule has 0 aliphatic heterocycles. The first-order valence-corrected chi connectivity index (χ1v) is 8.29. The first-order valence-electron chi connectivity index (χ1n) is 6.55. The molecule has 0 saturated carbocycles. The second kappa shape index (κ2) is 11.2. The van der Waals surface area contributed by atoms with Gasteiger partial charge in [0.25, 0.3) is 0 Å². The van der Waals surface area contributed by atoms with Gasteiger partial charge < -0.3 is 14.9 Å². The summed E-state index contributed by atoms with van der Waals surface area (Å²) in [6.45, 7) is 0. The molecule has 3 aromatic rings. The van der Waals surface area contributed by atoms with Crippen LogP contribution in [0.5, 0.6) is 0 Å². The van der Waals surface area contributed by atoms with E-state index in [-0.39, 0.29) is 14.9 Å². The van der Waals surface area contributed by atoms with E-state index in [9.17, 15) is 0 Å². The average molecular weight is 366 g/mol. The minimum Gasteiger partial charge on any atom is -0.358 e. The monoisotopic (exact) mass is 364 g/mol. The predicted octanol–water partition coefficient (Wildman–Crippen LogP) is 5.88. The number of hydrogen-bond acceptors (Lipinski definition) is 0. The van der Waals surface area contributed by atoms with Crippen molar-refractivity contribution < 1.29 is 24.2 Å². The minimum atomic E-state index is 0. The molecule has 1 heteroatoms. The molecule has 0 unspecified atom stereocenters. The van der Waals surface area contributed by atoms with Gasteiger partial charge in [-0.2, -0.15) is 6.08 Å². The van der Waals surface area contributed by atoms with Gasteiger partial charge in [-0.3, -0.25) is 6.08 Å². The van der Waals surface area contributed by atoms with Gasteiger partial charge >= 0.3 is 28.4 Å². The van der Waals surface area contributed by atoms with E-state index in [1.54, 1.807) is 0 Å². The minimum absolute atomic E-state index is 0. The van der Waals surface area contributed by atoms with E-state index in [4.69, 9.17) is 0 Å². The van der Waals surface area contributed by atoms with Crippen molar-refractivity contribution in [2.24, 2.45) is 0 Å². The largest absolute Gasteiger partial charge is 0.358 e. The van der Waals surface area contributed by atoms with Gasteiger partial charge in [0, 0.05) is 0 Å². The first-order chi connectivity index (χ1) is 9.95. The molecular formula is C21H22Zr-4. The molecule has 0 saturated heterocycles. The van der Waals surface area contributed by atoms with E-state index in [1.165, 1.54) is 45.8 Å². The van der Waals surface area contributed by atoms with Crippen molar-refractivity contribution >= 4 is 25.8 Å². The van der Waals surface area contributed by atoms with Gasteiger partial charge in [0.2, 0.25) is 0 Å². The summed E-state index contributed by atoms with van der Waals surface area (Å²) in [5, 5.41) is 5.39. The van der Waals surface area contributed by atoms with Gasteiger partial charge in [0.15, 0.2) is 0 Å². The molecule has 3 aromatic carbocycles. The number of fused-ring (bicyclic) bond motifs is 3. The average Bonchev–Trinajstić information content (AvgIpc) is 3.20. The van der Waals surface area contributed by atoms with Crippen molar-refractivity contribution in [3.63, 3.8) is 0 Å². The van der Waals surface area contributed by atoms with Gasteiger partial charge in [-0.1, -0.05) is 36.4 Å². The number of rotatable bonds is 0. The summed E-state index contributed by atoms with van der Waals surface area (Å²) in [5.41, 5.74) is 0. The van der Waals surface area contributed by atoms with Crippen LogP contribution in [0.2, 0.25) is 0 Å². The van der Waals surface area contributed by atoms with Gasteiger partial charge in [0.1, 0.15) is 0 Å². The van der Waals surface area contributed by atoms with Crippen LogP contribution in [0.25, 0.3) is 21.5 Å². The molecule has 114 valence electrons. The van der Waals surface area contributed by atoms with Gasteiger partial charge in [-0.15, -0.1) is 46.2 Å². The maximum atomic E-state index is 3.34. The van der Waals surface area contributed by atoms with E-state index in [0.29, 0.717) is 0 Å². The second-order valence-electron chi connectivity index (χ2n) is 4.32. The zero-order chi connectivity index (χ0) is 14.2. The quantitative estimate of drug-likeness (QED) is 0.436. The first kappa shape index (κ1) is 20.5. The fourth-order valence-electron chi connectivity index (χ4n) is 2.24. The molecule has 4 rings (SSSR count). The van der Waals surface area contributed by atoms with Crippen LogP contribution >= 0.6 is 0 Å². The Bertz CT molecular complexity index is 671. The molecule has 0 radical (unpaired) electrons. The van der Waals surface area contributed by atoms with Crippen molar-refractivity contribution in [2.75, 3.05) is 0 Å². The van der Waals surface area contributed by atoms with Crippen LogP contribution in [0.15, 0.2) is 72.8 Å². The predicted molar refractivity (Wildman–Crippen MR) is 98.6 cm³/mol. The van der Waals surface area contributed by atoms with E-state index in [0.717, 1.165) is 6.42 Å². The molecule has 0 aromatic heterocycles. The van der Waals surface area contributed by atoms with Crippen LogP contribution in [0, 0.1) is 20.9 Å². The molecule has 1 aliphatic carbocycles. The van der Waals surface area contributed by atoms with Crippen LogP contribution in [0.3, 0.4) is 0 Å². The Morgan fingerprint density at radius 3 is 1.73 bits per heavy atom. The third-order valence-corrected chi connectivity index (χ3v) is 3.11. The molecule has 0 bridgehead atoms. The summed E-state index contributed by atoms with van der Waals surface area (Å²) in [6, 6.07) is 19.3. The van der Waals surface area contributed by atoms with E-state index in [1.807, 2.05) is 12.2 Å². The molecule has 0 nitrogen and oxygen atoms in total. The Morgan fingerprint density at radius 2 is 1.36 bits per heavy atom. The summed E-state index contributed by atoms with van der Waals surface area (Å²) in [5.74, 6) is 0. The third-order valence-electron chi connectivity index (χ3n) is 3.11. The van der Waals surface area contributed by atoms with Gasteiger partial charge in [-0.05, 0) is 0 Å². The fraction of sp³-hybridized carbons (Fsp3) is 0.0476. The van der Waals surface area contributed by atoms with Crippen molar-refractivity contribution in [1.82, 2.24) is 0 Å². The molecule has 22 heavy (non-hydrogen) atoms. The standard InChI is InChI=1S/C13H9.C5H5.2CH3.CH2.Zr/c1-3-7-12-10(5-1)9-11-6-2-4-8-13(11)12;1-2-4-5-3-1;;;;/h1-9H;1-3H,4H2;2*1H3;1H2;/q4*-1;;. The van der Waals surface area contributed by atoms with E-state index >= 15 is 0 Å². The van der Waals surface area contributed by atoms with Crippen molar-refractivity contribution in [1.29, 1.82) is 0 Å². The number of hydrogen-bond donors (Lipinski definition) is 0. The number of allylic oxidation sites excluding steroid dienone is 4. The topological polar surface area (TPSA) is 0 Å². The molecule has 1 aliphatic rings. The van der Waals surface area contributed by atoms with Crippen LogP contribution in [-0.2, 0) is 24.2 Å². The molecule has 0 N–H and O–H groups in total. The van der Waals surface area contributed by atoms with E-state index in [2.05, 4.69) is 71.0 Å². The van der Waals surface area contributed by atoms with Gasteiger partial charge in [-0.25, -0.2) is 12.2 Å². The maximum absolute atomic E-state index is 3.34. The summed E-state index contributed by atoms with van der Waals surface area (Å²) in [4.78, 5) is 0. The molecule has 0 atom stereocenters. The SMILES string of the molecule is [C-]1=CC=CC1.[CH2]=[Zr].[CH3-].[CH3-].c1ccc2c(c1)[cH-]c1ccccc12. The van der Waals surface area contributed by atoms with Crippen LogP contribution in [0.4, 0.5) is 0 Å². The van der Waals surface area contributed by atoms with Crippen molar-refractivity contribution in [3.8, 4) is 0 Å². The zero-order valence-electron chi connectivity index (χ0n) is 13.3. The van der Waals surface area contributed by atoms with Crippen molar-refractivity contribution in [3.05, 3.63) is 93.8 Å². The third kappa shape index (κ3) is 5.07. The molecular weight excluding hydrogens is 343 g/mol. The smallest absolute Gasteiger partial charge is 0.0771 e. The maximum Gasteiger partial charge on any atom is -0.0771 e. The normalized spacial score (nSPS) is 10.7. The Balaban J connectivity index is 0.000000422. The molecule has 0 heterocycles. The Morgan fingerprint density at radius 1 is 0.864 bits per heavy atom. The summed E-state index contributed by atoms with van der Waals surface area (Å²) in [7, 11) is 0. The fourth-order valence-corrected chi connectivity index (χ4v) is 2.24. The van der Waals surface area contributed by atoms with Crippen LogP contribution < -0.4 is 0 Å². The Kier molecular flexibility index (Phi) is 10.4. The van der Waals surface area contributed by atoms with Gasteiger partial charge in [0.05, 0.1) is 0 Å². The summed E-state index contributed by atoms with van der Waals surface area (Å²) >= 11 is 1.30. The summed E-state index contributed by atoms with van der Waals surface area (Å²) in [6.07, 6.45) is 10.0. The molecule has 0 amide bonds. The summed E-state index contributed by atoms with van der Waals surface area (Å²) < 4.78 is 3.34. The second-order valence-corrected chi connectivity index (χ2v) is 4.32. The number of benzene rings is 2. The van der Waals surface area contributed by atoms with Crippen LogP contribution in [-0.4, -0.2) is 4.21 Å².